The second-order valence-electron chi connectivity index (χ2n) is 5.25. The molecule has 1 aromatic carbocycles. The normalized spacial score (nSPS) is 19.7. The number of hydrogen-bond acceptors (Lipinski definition) is 3. The van der Waals surface area contributed by atoms with Gasteiger partial charge in [-0.1, -0.05) is 11.6 Å². The Morgan fingerprint density at radius 2 is 2.14 bits per heavy atom. The lowest BCUT2D eigenvalue weighted by Crippen LogP contribution is -2.38. The molecule has 1 saturated heterocycles. The number of methoxy groups -OCH3 is 1. The highest BCUT2D eigenvalue weighted by Gasteiger charge is 2.36. The molecule has 0 saturated carbocycles. The molecule has 0 radical (unpaired) electrons. The van der Waals surface area contributed by atoms with Crippen LogP contribution in [-0.4, -0.2) is 43.0 Å². The number of rotatable bonds is 5. The summed E-state index contributed by atoms with van der Waals surface area (Å²) in [6, 6.07) is 6.88. The maximum Gasteiger partial charge on any atom is 0.229 e. The van der Waals surface area contributed by atoms with Crippen LogP contribution in [0, 0.1) is 5.92 Å². The minimum atomic E-state index is -0.326. The fourth-order valence-electron chi connectivity index (χ4n) is 2.44. The molecule has 1 heterocycles. The molecule has 21 heavy (non-hydrogen) atoms. The number of carbonyl (C=O) groups excluding carboxylic acids is 2. The Kier molecular flexibility index (Phi) is 5.20. The highest BCUT2D eigenvalue weighted by Crippen LogP contribution is 2.22. The SMILES string of the molecule is COC[C@@H](C)N1C[C@@H](C(=O)Nc2ccc(Cl)cc2)CC1=O. The van der Waals surface area contributed by atoms with E-state index in [0.29, 0.717) is 23.9 Å². The Hall–Kier alpha value is -1.59. The molecule has 0 bridgehead atoms. The predicted octanol–water partition coefficient (Wildman–Crippen LogP) is 2.16. The van der Waals surface area contributed by atoms with Crippen molar-refractivity contribution in [3.05, 3.63) is 29.3 Å². The van der Waals surface area contributed by atoms with Crippen LogP contribution >= 0.6 is 11.6 Å². The van der Waals surface area contributed by atoms with Gasteiger partial charge in [0.15, 0.2) is 0 Å². The minimum Gasteiger partial charge on any atom is -0.383 e. The van der Waals surface area contributed by atoms with Crippen LogP contribution in [0.4, 0.5) is 5.69 Å². The number of ether oxygens (including phenoxy) is 1. The molecular weight excluding hydrogens is 292 g/mol. The summed E-state index contributed by atoms with van der Waals surface area (Å²) in [5.74, 6) is -0.471. The van der Waals surface area contributed by atoms with Crippen molar-refractivity contribution in [2.75, 3.05) is 25.6 Å². The second-order valence-corrected chi connectivity index (χ2v) is 5.68. The van der Waals surface area contributed by atoms with Gasteiger partial charge in [0.05, 0.1) is 18.6 Å². The van der Waals surface area contributed by atoms with Crippen molar-refractivity contribution >= 4 is 29.1 Å². The van der Waals surface area contributed by atoms with E-state index in [4.69, 9.17) is 16.3 Å². The molecule has 0 spiro atoms. The first-order chi connectivity index (χ1) is 10.0. The van der Waals surface area contributed by atoms with E-state index in [1.54, 1.807) is 36.3 Å². The number of benzene rings is 1. The molecular formula is C15H19ClN2O3. The van der Waals surface area contributed by atoms with Crippen LogP contribution in [0.15, 0.2) is 24.3 Å². The van der Waals surface area contributed by atoms with E-state index in [1.807, 2.05) is 6.92 Å². The quantitative estimate of drug-likeness (QED) is 0.906. The van der Waals surface area contributed by atoms with Crippen LogP contribution in [0.1, 0.15) is 13.3 Å². The van der Waals surface area contributed by atoms with Crippen molar-refractivity contribution in [3.8, 4) is 0 Å². The lowest BCUT2D eigenvalue weighted by molar-refractivity contribution is -0.130. The maximum absolute atomic E-state index is 12.2. The average molecular weight is 311 g/mol. The van der Waals surface area contributed by atoms with Gasteiger partial charge in [-0.3, -0.25) is 9.59 Å². The predicted molar refractivity (Wildman–Crippen MR) is 81.2 cm³/mol. The Morgan fingerprint density at radius 3 is 2.76 bits per heavy atom. The number of nitrogens with one attached hydrogen (secondary N) is 1. The summed E-state index contributed by atoms with van der Waals surface area (Å²) >= 11 is 5.80. The fourth-order valence-corrected chi connectivity index (χ4v) is 2.57. The summed E-state index contributed by atoms with van der Waals surface area (Å²) in [6.07, 6.45) is 0.244. The smallest absolute Gasteiger partial charge is 0.229 e. The molecule has 114 valence electrons. The highest BCUT2D eigenvalue weighted by atomic mass is 35.5. The molecule has 2 amide bonds. The van der Waals surface area contributed by atoms with Crippen molar-refractivity contribution in [2.24, 2.45) is 5.92 Å². The van der Waals surface area contributed by atoms with Gasteiger partial charge in [0.2, 0.25) is 11.8 Å². The highest BCUT2D eigenvalue weighted by molar-refractivity contribution is 6.30. The van der Waals surface area contributed by atoms with Crippen molar-refractivity contribution in [1.82, 2.24) is 4.90 Å². The largest absolute Gasteiger partial charge is 0.383 e. The molecule has 1 aliphatic rings. The van der Waals surface area contributed by atoms with Crippen molar-refractivity contribution in [2.45, 2.75) is 19.4 Å². The Labute approximate surface area is 129 Å². The van der Waals surface area contributed by atoms with E-state index in [-0.39, 0.29) is 30.2 Å². The molecule has 2 rings (SSSR count). The molecule has 0 aliphatic carbocycles. The summed E-state index contributed by atoms with van der Waals surface area (Å²) in [7, 11) is 1.60. The summed E-state index contributed by atoms with van der Waals surface area (Å²) in [4.78, 5) is 25.9. The van der Waals surface area contributed by atoms with Crippen LogP contribution in [0.2, 0.25) is 5.02 Å². The van der Waals surface area contributed by atoms with Crippen LogP contribution in [0.25, 0.3) is 0 Å². The molecule has 0 aromatic heterocycles. The van der Waals surface area contributed by atoms with Crippen LogP contribution in [-0.2, 0) is 14.3 Å². The molecule has 1 aliphatic heterocycles. The average Bonchev–Trinajstić information content (AvgIpc) is 2.84. The van der Waals surface area contributed by atoms with E-state index in [2.05, 4.69) is 5.32 Å². The molecule has 2 atom stereocenters. The third-order valence-electron chi connectivity index (χ3n) is 3.58. The lowest BCUT2D eigenvalue weighted by Gasteiger charge is -2.23. The van der Waals surface area contributed by atoms with Gasteiger partial charge in [-0.2, -0.15) is 0 Å². The van der Waals surface area contributed by atoms with Crippen LogP contribution < -0.4 is 5.32 Å². The number of anilines is 1. The first kappa shape index (κ1) is 15.8. The Morgan fingerprint density at radius 1 is 1.48 bits per heavy atom. The van der Waals surface area contributed by atoms with Gasteiger partial charge in [-0.25, -0.2) is 0 Å². The summed E-state index contributed by atoms with van der Waals surface area (Å²) in [5.41, 5.74) is 0.681. The number of halogens is 1. The topological polar surface area (TPSA) is 58.6 Å². The zero-order valence-corrected chi connectivity index (χ0v) is 12.9. The molecule has 1 N–H and O–H groups in total. The van der Waals surface area contributed by atoms with Crippen molar-refractivity contribution in [3.63, 3.8) is 0 Å². The summed E-state index contributed by atoms with van der Waals surface area (Å²) in [6.45, 7) is 2.82. The van der Waals surface area contributed by atoms with E-state index < -0.39 is 0 Å². The minimum absolute atomic E-state index is 0.00388. The fraction of sp³-hybridized carbons (Fsp3) is 0.467. The zero-order chi connectivity index (χ0) is 15.4. The monoisotopic (exact) mass is 310 g/mol. The van der Waals surface area contributed by atoms with Crippen LogP contribution in [0.5, 0.6) is 0 Å². The van der Waals surface area contributed by atoms with Gasteiger partial charge in [-0.15, -0.1) is 0 Å². The third kappa shape index (κ3) is 3.95. The summed E-state index contributed by atoms with van der Waals surface area (Å²) < 4.78 is 5.06. The third-order valence-corrected chi connectivity index (χ3v) is 3.83. The van der Waals surface area contributed by atoms with Gasteiger partial charge in [0.1, 0.15) is 0 Å². The molecule has 1 aromatic rings. The number of carbonyl (C=O) groups is 2. The van der Waals surface area contributed by atoms with Crippen molar-refractivity contribution in [1.29, 1.82) is 0 Å². The van der Waals surface area contributed by atoms with E-state index in [1.165, 1.54) is 0 Å². The van der Waals surface area contributed by atoms with E-state index in [9.17, 15) is 9.59 Å². The number of likely N-dealkylation sites (tertiary alicyclic amines) is 1. The maximum atomic E-state index is 12.2. The van der Waals surface area contributed by atoms with Gasteiger partial charge in [0, 0.05) is 30.8 Å². The Bertz CT molecular complexity index is 518. The zero-order valence-electron chi connectivity index (χ0n) is 12.1. The first-order valence-corrected chi connectivity index (χ1v) is 7.24. The van der Waals surface area contributed by atoms with Gasteiger partial charge in [0.25, 0.3) is 0 Å². The molecule has 0 unspecified atom stereocenters. The first-order valence-electron chi connectivity index (χ1n) is 6.86. The van der Waals surface area contributed by atoms with E-state index in [0.717, 1.165) is 0 Å². The second kappa shape index (κ2) is 6.91. The standard InChI is InChI=1S/C15H19ClN2O3/c1-10(9-21-2)18-8-11(7-14(18)19)15(20)17-13-5-3-12(16)4-6-13/h3-6,10-11H,7-9H2,1-2H3,(H,17,20)/t10-,11+/m1/s1. The lowest BCUT2D eigenvalue weighted by atomic mass is 10.1. The number of hydrogen-bond donors (Lipinski definition) is 1. The summed E-state index contributed by atoms with van der Waals surface area (Å²) in [5, 5.41) is 3.43. The van der Waals surface area contributed by atoms with E-state index >= 15 is 0 Å². The van der Waals surface area contributed by atoms with Gasteiger partial charge in [-0.05, 0) is 31.2 Å². The van der Waals surface area contributed by atoms with Gasteiger partial charge < -0.3 is 15.0 Å². The Balaban J connectivity index is 1.95. The molecule has 5 nitrogen and oxygen atoms in total. The number of nitrogens with zero attached hydrogens (tertiary/aromatic N) is 1. The van der Waals surface area contributed by atoms with Crippen molar-refractivity contribution < 1.29 is 14.3 Å². The van der Waals surface area contributed by atoms with Crippen LogP contribution in [0.3, 0.4) is 0 Å². The number of amides is 2. The molecule has 1 fully saturated rings. The van der Waals surface area contributed by atoms with Gasteiger partial charge >= 0.3 is 0 Å². The molecule has 6 heteroatoms.